The number of carbonyl (C=O) groups is 2. The molecule has 1 heterocycles. The Labute approximate surface area is 116 Å². The first-order valence-electron chi connectivity index (χ1n) is 7.18. The van der Waals surface area contributed by atoms with Crippen LogP contribution in [0.1, 0.15) is 33.1 Å². The van der Waals surface area contributed by atoms with Gasteiger partial charge in [-0.15, -0.1) is 0 Å². The number of likely N-dealkylation sites (N-methyl/N-ethyl adjacent to an activating group) is 1. The molecule has 0 radical (unpaired) electrons. The van der Waals surface area contributed by atoms with Gasteiger partial charge in [-0.2, -0.15) is 0 Å². The van der Waals surface area contributed by atoms with Gasteiger partial charge in [0.15, 0.2) is 0 Å². The van der Waals surface area contributed by atoms with Crippen LogP contribution in [0.5, 0.6) is 0 Å². The highest BCUT2D eigenvalue weighted by molar-refractivity contribution is 5.85. The number of nitrogens with one attached hydrogen (secondary N) is 1. The van der Waals surface area contributed by atoms with Crippen LogP contribution in [0.15, 0.2) is 0 Å². The van der Waals surface area contributed by atoms with E-state index < -0.39 is 0 Å². The van der Waals surface area contributed by atoms with E-state index in [1.807, 2.05) is 6.92 Å². The highest BCUT2D eigenvalue weighted by Gasteiger charge is 2.29. The predicted molar refractivity (Wildman–Crippen MR) is 75.8 cm³/mol. The van der Waals surface area contributed by atoms with Crippen molar-refractivity contribution in [2.75, 3.05) is 33.7 Å². The van der Waals surface area contributed by atoms with Crippen LogP contribution in [0.3, 0.4) is 0 Å². The standard InChI is InChI=1S/C14H27N3O2/c1-5-8-17(10-13(18)16(3)4)14(19)12-6-7-15-11(2)9-12/h11-12,15H,5-10H2,1-4H3. The fraction of sp³-hybridized carbons (Fsp3) is 0.857. The minimum Gasteiger partial charge on any atom is -0.347 e. The molecule has 5 nitrogen and oxygen atoms in total. The second-order valence-electron chi connectivity index (χ2n) is 5.62. The SMILES string of the molecule is CCCN(CC(=O)N(C)C)C(=O)C1CCNC(C)C1. The maximum atomic E-state index is 12.5. The van der Waals surface area contributed by atoms with Crippen LogP contribution in [0.2, 0.25) is 0 Å². The van der Waals surface area contributed by atoms with Gasteiger partial charge in [0.05, 0.1) is 6.54 Å². The molecule has 0 aliphatic carbocycles. The molecule has 0 aromatic carbocycles. The van der Waals surface area contributed by atoms with Gasteiger partial charge in [-0.1, -0.05) is 6.92 Å². The lowest BCUT2D eigenvalue weighted by Gasteiger charge is -2.32. The first kappa shape index (κ1) is 16.0. The van der Waals surface area contributed by atoms with Gasteiger partial charge < -0.3 is 15.1 Å². The Morgan fingerprint density at radius 3 is 2.53 bits per heavy atom. The van der Waals surface area contributed by atoms with E-state index >= 15 is 0 Å². The Balaban J connectivity index is 2.63. The molecule has 1 aliphatic heterocycles. The Bertz CT molecular complexity index is 318. The van der Waals surface area contributed by atoms with Gasteiger partial charge >= 0.3 is 0 Å². The molecule has 110 valence electrons. The molecule has 1 rings (SSSR count). The number of rotatable bonds is 5. The summed E-state index contributed by atoms with van der Waals surface area (Å²) in [7, 11) is 3.45. The Morgan fingerprint density at radius 1 is 1.32 bits per heavy atom. The number of piperidine rings is 1. The van der Waals surface area contributed by atoms with E-state index in [0.29, 0.717) is 12.6 Å². The Morgan fingerprint density at radius 2 is 2.00 bits per heavy atom. The van der Waals surface area contributed by atoms with Gasteiger partial charge in [-0.25, -0.2) is 0 Å². The van der Waals surface area contributed by atoms with Crippen LogP contribution in [0.25, 0.3) is 0 Å². The van der Waals surface area contributed by atoms with Crippen LogP contribution in [-0.2, 0) is 9.59 Å². The summed E-state index contributed by atoms with van der Waals surface area (Å²) >= 11 is 0. The number of hydrogen-bond donors (Lipinski definition) is 1. The van der Waals surface area contributed by atoms with Gasteiger partial charge in [0.2, 0.25) is 11.8 Å². The summed E-state index contributed by atoms with van der Waals surface area (Å²) in [5, 5.41) is 3.35. The molecule has 1 aliphatic rings. The van der Waals surface area contributed by atoms with E-state index in [2.05, 4.69) is 12.2 Å². The van der Waals surface area contributed by atoms with Crippen molar-refractivity contribution >= 4 is 11.8 Å². The Kier molecular flexibility index (Phi) is 6.28. The molecule has 5 heteroatoms. The van der Waals surface area contributed by atoms with Gasteiger partial charge in [-0.3, -0.25) is 9.59 Å². The quantitative estimate of drug-likeness (QED) is 0.799. The summed E-state index contributed by atoms with van der Waals surface area (Å²) in [6.45, 7) is 5.90. The highest BCUT2D eigenvalue weighted by atomic mass is 16.2. The maximum absolute atomic E-state index is 12.5. The van der Waals surface area contributed by atoms with Crippen LogP contribution in [0.4, 0.5) is 0 Å². The molecular weight excluding hydrogens is 242 g/mol. The molecule has 2 amide bonds. The molecule has 1 saturated heterocycles. The summed E-state index contributed by atoms with van der Waals surface area (Å²) < 4.78 is 0. The second-order valence-corrected chi connectivity index (χ2v) is 5.62. The minimum absolute atomic E-state index is 0.0104. The molecule has 0 aromatic heterocycles. The van der Waals surface area contributed by atoms with Crippen molar-refractivity contribution in [2.24, 2.45) is 5.92 Å². The summed E-state index contributed by atoms with van der Waals surface area (Å²) in [5.41, 5.74) is 0. The summed E-state index contributed by atoms with van der Waals surface area (Å²) in [5.74, 6) is 0.201. The monoisotopic (exact) mass is 269 g/mol. The predicted octanol–water partition coefficient (Wildman–Crippen LogP) is 0.701. The first-order chi connectivity index (χ1) is 8.95. The maximum Gasteiger partial charge on any atom is 0.241 e. The van der Waals surface area contributed by atoms with Crippen LogP contribution in [-0.4, -0.2) is 61.4 Å². The molecule has 0 bridgehead atoms. The van der Waals surface area contributed by atoms with Gasteiger partial charge in [0.25, 0.3) is 0 Å². The molecule has 1 N–H and O–H groups in total. The molecule has 0 spiro atoms. The fourth-order valence-electron chi connectivity index (χ4n) is 2.46. The van der Waals surface area contributed by atoms with Crippen molar-refractivity contribution < 1.29 is 9.59 Å². The van der Waals surface area contributed by atoms with Gasteiger partial charge in [0.1, 0.15) is 0 Å². The summed E-state index contributed by atoms with van der Waals surface area (Å²) in [4.78, 5) is 27.6. The van der Waals surface area contributed by atoms with E-state index in [4.69, 9.17) is 0 Å². The summed E-state index contributed by atoms with van der Waals surface area (Å²) in [6.07, 6.45) is 2.63. The van der Waals surface area contributed by atoms with Crippen molar-refractivity contribution in [1.29, 1.82) is 0 Å². The molecule has 2 unspecified atom stereocenters. The third-order valence-electron chi connectivity index (χ3n) is 3.60. The van der Waals surface area contributed by atoms with Gasteiger partial charge in [-0.05, 0) is 32.7 Å². The minimum atomic E-state index is -0.0104. The van der Waals surface area contributed by atoms with Crippen molar-refractivity contribution in [3.05, 3.63) is 0 Å². The largest absolute Gasteiger partial charge is 0.347 e. The van der Waals surface area contributed by atoms with Crippen LogP contribution in [0, 0.1) is 5.92 Å². The second kappa shape index (κ2) is 7.48. The van der Waals surface area contributed by atoms with Crippen LogP contribution >= 0.6 is 0 Å². The van der Waals surface area contributed by atoms with E-state index in [1.165, 1.54) is 0 Å². The lowest BCUT2D eigenvalue weighted by atomic mass is 9.92. The smallest absolute Gasteiger partial charge is 0.241 e. The molecule has 2 atom stereocenters. The normalized spacial score (nSPS) is 22.9. The Hall–Kier alpha value is -1.10. The third-order valence-corrected chi connectivity index (χ3v) is 3.60. The molecule has 0 saturated carbocycles. The number of hydrogen-bond acceptors (Lipinski definition) is 3. The highest BCUT2D eigenvalue weighted by Crippen LogP contribution is 2.19. The molecular formula is C14H27N3O2. The average Bonchev–Trinajstić information content (AvgIpc) is 2.37. The molecule has 0 aromatic rings. The lowest BCUT2D eigenvalue weighted by molar-refractivity contribution is -0.142. The third kappa shape index (κ3) is 4.82. The van der Waals surface area contributed by atoms with Crippen molar-refractivity contribution in [2.45, 2.75) is 39.2 Å². The topological polar surface area (TPSA) is 52.7 Å². The van der Waals surface area contributed by atoms with E-state index in [-0.39, 0.29) is 24.3 Å². The zero-order valence-corrected chi connectivity index (χ0v) is 12.6. The molecule has 1 fully saturated rings. The number of carbonyl (C=O) groups excluding carboxylic acids is 2. The van der Waals surface area contributed by atoms with Crippen molar-refractivity contribution in [3.8, 4) is 0 Å². The van der Waals surface area contributed by atoms with E-state index in [9.17, 15) is 9.59 Å². The average molecular weight is 269 g/mol. The lowest BCUT2D eigenvalue weighted by Crippen LogP contribution is -2.47. The number of nitrogens with zero attached hydrogens (tertiary/aromatic N) is 2. The fourth-order valence-corrected chi connectivity index (χ4v) is 2.46. The van der Waals surface area contributed by atoms with Crippen LogP contribution < -0.4 is 5.32 Å². The first-order valence-corrected chi connectivity index (χ1v) is 7.18. The van der Waals surface area contributed by atoms with Crippen molar-refractivity contribution in [3.63, 3.8) is 0 Å². The zero-order chi connectivity index (χ0) is 14.4. The molecule has 19 heavy (non-hydrogen) atoms. The van der Waals surface area contributed by atoms with Gasteiger partial charge in [0, 0.05) is 32.6 Å². The zero-order valence-electron chi connectivity index (χ0n) is 12.6. The van der Waals surface area contributed by atoms with E-state index in [1.54, 1.807) is 23.9 Å². The summed E-state index contributed by atoms with van der Waals surface area (Å²) in [6, 6.07) is 0.385. The number of amides is 2. The van der Waals surface area contributed by atoms with Crippen molar-refractivity contribution in [1.82, 2.24) is 15.1 Å². The van der Waals surface area contributed by atoms with E-state index in [0.717, 1.165) is 25.8 Å².